The topological polar surface area (TPSA) is 55.4 Å². The maximum atomic E-state index is 11.9. The standard InChI is InChI=1S/C20H22BrNO3/c1-15-9-10-18(17(21)14-15)22-19(23)11-12-20(24)25-13-5-8-16-6-3-2-4-7-16/h2-4,6-7,9-10,14H,5,8,11-13H2,1H3,(H,22,23). The third-order valence-corrected chi connectivity index (χ3v) is 4.33. The van der Waals surface area contributed by atoms with Crippen molar-refractivity contribution >= 4 is 33.5 Å². The van der Waals surface area contributed by atoms with Crippen molar-refractivity contribution in [2.75, 3.05) is 11.9 Å². The normalized spacial score (nSPS) is 10.3. The van der Waals surface area contributed by atoms with Crippen molar-refractivity contribution in [3.05, 3.63) is 64.1 Å². The predicted octanol–water partition coefficient (Wildman–Crippen LogP) is 4.65. The van der Waals surface area contributed by atoms with Crippen molar-refractivity contribution in [2.24, 2.45) is 0 Å². The van der Waals surface area contributed by atoms with Crippen molar-refractivity contribution in [1.82, 2.24) is 0 Å². The quantitative estimate of drug-likeness (QED) is 0.515. The van der Waals surface area contributed by atoms with Gasteiger partial charge >= 0.3 is 5.97 Å². The summed E-state index contributed by atoms with van der Waals surface area (Å²) in [7, 11) is 0. The highest BCUT2D eigenvalue weighted by atomic mass is 79.9. The molecule has 0 aromatic heterocycles. The zero-order chi connectivity index (χ0) is 18.1. The average Bonchev–Trinajstić information content (AvgIpc) is 2.60. The van der Waals surface area contributed by atoms with Crippen LogP contribution < -0.4 is 5.32 Å². The maximum absolute atomic E-state index is 11.9. The summed E-state index contributed by atoms with van der Waals surface area (Å²) in [6.07, 6.45) is 1.84. The Morgan fingerprint density at radius 1 is 1.08 bits per heavy atom. The summed E-state index contributed by atoms with van der Waals surface area (Å²) in [5.41, 5.74) is 3.03. The molecule has 132 valence electrons. The fourth-order valence-corrected chi connectivity index (χ4v) is 2.92. The molecule has 0 saturated carbocycles. The number of carbonyl (C=O) groups is 2. The molecule has 2 aromatic rings. The lowest BCUT2D eigenvalue weighted by Gasteiger charge is -2.08. The van der Waals surface area contributed by atoms with Crippen LogP contribution in [0.4, 0.5) is 5.69 Å². The van der Waals surface area contributed by atoms with Crippen LogP contribution in [0.15, 0.2) is 53.0 Å². The second-order valence-corrected chi connectivity index (χ2v) is 6.70. The van der Waals surface area contributed by atoms with Gasteiger partial charge in [0, 0.05) is 10.9 Å². The molecule has 0 spiro atoms. The van der Waals surface area contributed by atoms with Gasteiger partial charge in [0.25, 0.3) is 0 Å². The molecule has 0 aliphatic carbocycles. The SMILES string of the molecule is Cc1ccc(NC(=O)CCC(=O)OCCCc2ccccc2)c(Br)c1. The van der Waals surface area contributed by atoms with Crippen LogP contribution in [0, 0.1) is 6.92 Å². The molecule has 0 radical (unpaired) electrons. The molecule has 0 atom stereocenters. The van der Waals surface area contributed by atoms with Gasteiger partial charge in [0.15, 0.2) is 0 Å². The molecule has 1 amide bonds. The lowest BCUT2D eigenvalue weighted by Crippen LogP contribution is -2.15. The van der Waals surface area contributed by atoms with E-state index >= 15 is 0 Å². The first-order valence-corrected chi connectivity index (χ1v) is 9.09. The summed E-state index contributed by atoms with van der Waals surface area (Å²) < 4.78 is 6.00. The predicted molar refractivity (Wildman–Crippen MR) is 102 cm³/mol. The minimum atomic E-state index is -0.341. The van der Waals surface area contributed by atoms with Crippen LogP contribution in [-0.2, 0) is 20.7 Å². The Hall–Kier alpha value is -2.14. The Bertz CT molecular complexity index is 716. The smallest absolute Gasteiger partial charge is 0.306 e. The summed E-state index contributed by atoms with van der Waals surface area (Å²) in [5, 5.41) is 2.79. The van der Waals surface area contributed by atoms with Gasteiger partial charge in [-0.1, -0.05) is 36.4 Å². The number of carbonyl (C=O) groups excluding carboxylic acids is 2. The van der Waals surface area contributed by atoms with Crippen molar-refractivity contribution in [3.8, 4) is 0 Å². The zero-order valence-corrected chi connectivity index (χ0v) is 15.8. The van der Waals surface area contributed by atoms with Gasteiger partial charge in [0.05, 0.1) is 18.7 Å². The number of anilines is 1. The van der Waals surface area contributed by atoms with Gasteiger partial charge in [0.1, 0.15) is 0 Å². The Morgan fingerprint density at radius 3 is 2.56 bits per heavy atom. The Kier molecular flexibility index (Phi) is 7.67. The summed E-state index contributed by atoms with van der Waals surface area (Å²) in [4.78, 5) is 23.6. The summed E-state index contributed by atoms with van der Waals surface area (Å²) in [6.45, 7) is 2.35. The molecule has 0 aliphatic heterocycles. The van der Waals surface area contributed by atoms with Gasteiger partial charge < -0.3 is 10.1 Å². The van der Waals surface area contributed by atoms with Crippen molar-refractivity contribution in [2.45, 2.75) is 32.6 Å². The number of hydrogen-bond acceptors (Lipinski definition) is 3. The third-order valence-electron chi connectivity index (χ3n) is 3.67. The molecular formula is C20H22BrNO3. The number of rotatable bonds is 8. The van der Waals surface area contributed by atoms with E-state index in [4.69, 9.17) is 4.74 Å². The fraction of sp³-hybridized carbons (Fsp3) is 0.300. The number of esters is 1. The first-order valence-electron chi connectivity index (χ1n) is 8.30. The molecule has 0 heterocycles. The summed E-state index contributed by atoms with van der Waals surface area (Å²) in [6, 6.07) is 15.7. The number of hydrogen-bond donors (Lipinski definition) is 1. The summed E-state index contributed by atoms with van der Waals surface area (Å²) >= 11 is 3.41. The maximum Gasteiger partial charge on any atom is 0.306 e. The van der Waals surface area contributed by atoms with Crippen LogP contribution in [0.5, 0.6) is 0 Å². The van der Waals surface area contributed by atoms with Gasteiger partial charge in [-0.05, 0) is 59.0 Å². The van der Waals surface area contributed by atoms with Crippen LogP contribution in [-0.4, -0.2) is 18.5 Å². The zero-order valence-electron chi connectivity index (χ0n) is 14.3. The van der Waals surface area contributed by atoms with Crippen molar-refractivity contribution in [1.29, 1.82) is 0 Å². The largest absolute Gasteiger partial charge is 0.466 e. The third kappa shape index (κ3) is 7.10. The number of halogens is 1. The lowest BCUT2D eigenvalue weighted by atomic mass is 10.1. The van der Waals surface area contributed by atoms with Crippen LogP contribution in [0.2, 0.25) is 0 Å². The van der Waals surface area contributed by atoms with Crippen molar-refractivity contribution in [3.63, 3.8) is 0 Å². The fourth-order valence-electron chi connectivity index (χ4n) is 2.33. The monoisotopic (exact) mass is 403 g/mol. The molecular weight excluding hydrogens is 382 g/mol. The molecule has 0 fully saturated rings. The Balaban J connectivity index is 1.63. The molecule has 2 aromatic carbocycles. The molecule has 4 nitrogen and oxygen atoms in total. The van der Waals surface area contributed by atoms with Gasteiger partial charge in [-0.2, -0.15) is 0 Å². The lowest BCUT2D eigenvalue weighted by molar-refractivity contribution is -0.144. The van der Waals surface area contributed by atoms with Gasteiger partial charge in [-0.3, -0.25) is 9.59 Å². The second kappa shape index (κ2) is 9.99. The van der Waals surface area contributed by atoms with Gasteiger partial charge in [-0.15, -0.1) is 0 Å². The van der Waals surface area contributed by atoms with E-state index in [9.17, 15) is 9.59 Å². The second-order valence-electron chi connectivity index (χ2n) is 5.84. The highest BCUT2D eigenvalue weighted by Crippen LogP contribution is 2.23. The molecule has 0 bridgehead atoms. The molecule has 0 saturated heterocycles. The first kappa shape index (κ1) is 19.2. The van der Waals surface area contributed by atoms with Crippen LogP contribution >= 0.6 is 15.9 Å². The molecule has 2 rings (SSSR count). The molecule has 1 N–H and O–H groups in total. The molecule has 0 aliphatic rings. The first-order chi connectivity index (χ1) is 12.0. The van der Waals surface area contributed by atoms with Crippen LogP contribution in [0.25, 0.3) is 0 Å². The van der Waals surface area contributed by atoms with Gasteiger partial charge in [0.2, 0.25) is 5.91 Å². The number of ether oxygens (including phenoxy) is 1. The Labute approximate surface area is 156 Å². The summed E-state index contributed by atoms with van der Waals surface area (Å²) in [5.74, 6) is -0.544. The number of amides is 1. The highest BCUT2D eigenvalue weighted by Gasteiger charge is 2.10. The molecule has 5 heteroatoms. The molecule has 0 unspecified atom stereocenters. The van der Waals surface area contributed by atoms with E-state index in [1.54, 1.807) is 0 Å². The number of benzene rings is 2. The van der Waals surface area contributed by atoms with E-state index in [0.717, 1.165) is 22.9 Å². The minimum absolute atomic E-state index is 0.0840. The van der Waals surface area contributed by atoms with Gasteiger partial charge in [-0.25, -0.2) is 0 Å². The van der Waals surface area contributed by atoms with Crippen LogP contribution in [0.1, 0.15) is 30.4 Å². The van der Waals surface area contributed by atoms with E-state index in [0.29, 0.717) is 12.3 Å². The van der Waals surface area contributed by atoms with E-state index < -0.39 is 0 Å². The van der Waals surface area contributed by atoms with E-state index in [1.807, 2.05) is 43.3 Å². The Morgan fingerprint density at radius 2 is 1.84 bits per heavy atom. The molecule has 25 heavy (non-hydrogen) atoms. The number of nitrogens with one attached hydrogen (secondary N) is 1. The average molecular weight is 404 g/mol. The van der Waals surface area contributed by atoms with Crippen LogP contribution in [0.3, 0.4) is 0 Å². The van der Waals surface area contributed by atoms with E-state index in [-0.39, 0.29) is 24.7 Å². The number of aryl methyl sites for hydroxylation is 2. The van der Waals surface area contributed by atoms with E-state index in [2.05, 4.69) is 33.4 Å². The highest BCUT2D eigenvalue weighted by molar-refractivity contribution is 9.10. The van der Waals surface area contributed by atoms with E-state index in [1.165, 1.54) is 5.56 Å². The van der Waals surface area contributed by atoms with Crippen molar-refractivity contribution < 1.29 is 14.3 Å². The minimum Gasteiger partial charge on any atom is -0.466 e.